The van der Waals surface area contributed by atoms with Gasteiger partial charge in [0.15, 0.2) is 0 Å². The van der Waals surface area contributed by atoms with Crippen molar-refractivity contribution in [3.8, 4) is 0 Å². The third kappa shape index (κ3) is 7.95. The van der Waals surface area contributed by atoms with Gasteiger partial charge in [-0.2, -0.15) is 0 Å². The second kappa shape index (κ2) is 13.0. The molecule has 0 saturated heterocycles. The molecule has 0 aliphatic rings. The van der Waals surface area contributed by atoms with Crippen molar-refractivity contribution in [3.63, 3.8) is 0 Å². The molecule has 0 N–H and O–H groups in total. The first-order valence-electron chi connectivity index (χ1n) is 8.95. The zero-order chi connectivity index (χ0) is 15.3. The van der Waals surface area contributed by atoms with Crippen LogP contribution < -0.4 is 0 Å². The molecule has 0 amide bonds. The average Bonchev–Trinajstić information content (AvgIpc) is 2.47. The maximum atomic E-state index is 5.47. The molecule has 0 aliphatic heterocycles. The van der Waals surface area contributed by atoms with Crippen molar-refractivity contribution >= 4 is 18.4 Å². The van der Waals surface area contributed by atoms with Gasteiger partial charge in [-0.1, -0.05) is 0 Å². The first kappa shape index (κ1) is 20.3. The minimum absolute atomic E-state index is 0.796. The van der Waals surface area contributed by atoms with Crippen molar-refractivity contribution in [2.24, 2.45) is 0 Å². The van der Waals surface area contributed by atoms with Crippen molar-refractivity contribution in [1.29, 1.82) is 0 Å². The van der Waals surface area contributed by atoms with Gasteiger partial charge in [0.25, 0.3) is 0 Å². The molecule has 0 fully saturated rings. The fraction of sp³-hybridized carbons (Fsp3) is 0.889. The van der Waals surface area contributed by atoms with E-state index in [0.29, 0.717) is 0 Å². The molecule has 1 atom stereocenters. The van der Waals surface area contributed by atoms with Crippen molar-refractivity contribution in [2.75, 3.05) is 6.61 Å². The molecule has 1 unspecified atom stereocenters. The van der Waals surface area contributed by atoms with Crippen LogP contribution in [0.2, 0.25) is 17.2 Å². The fourth-order valence-corrected chi connectivity index (χ4v) is 19.6. The first-order valence-corrected chi connectivity index (χ1v) is 16.6. The molecule has 1 nitrogen and oxygen atoms in total. The van der Waals surface area contributed by atoms with Crippen LogP contribution in [0.4, 0.5) is 0 Å². The molecule has 0 aromatic heterocycles. The standard InChI is InChI=1S/C6H11O.3C4H9.Sn/c1-3-5-6-7-4-2;3*1-3-4-2;/h3,5-6H,4H2,1-2H3;3*1,3-4H2,2H3;. The van der Waals surface area contributed by atoms with Crippen molar-refractivity contribution < 1.29 is 4.74 Å². The Hall–Kier alpha value is 0.339. The van der Waals surface area contributed by atoms with Crippen LogP contribution in [0.25, 0.3) is 0 Å². The van der Waals surface area contributed by atoms with Crippen LogP contribution >= 0.6 is 0 Å². The molecule has 0 bridgehead atoms. The second-order valence-electron chi connectivity index (χ2n) is 6.25. The fourth-order valence-electron chi connectivity index (χ4n) is 3.12. The predicted molar refractivity (Wildman–Crippen MR) is 95.1 cm³/mol. The van der Waals surface area contributed by atoms with Gasteiger partial charge in [-0.15, -0.1) is 0 Å². The maximum absolute atomic E-state index is 5.47. The van der Waals surface area contributed by atoms with E-state index in [0.717, 1.165) is 10.5 Å². The molecular formula is C18H38OSn. The third-order valence-corrected chi connectivity index (χ3v) is 22.3. The van der Waals surface area contributed by atoms with Crippen LogP contribution in [-0.4, -0.2) is 25.0 Å². The van der Waals surface area contributed by atoms with Crippen LogP contribution in [0.1, 0.15) is 73.1 Å². The molecule has 0 aliphatic carbocycles. The molecule has 120 valence electrons. The van der Waals surface area contributed by atoms with Gasteiger partial charge < -0.3 is 0 Å². The van der Waals surface area contributed by atoms with E-state index in [1.807, 2.05) is 6.26 Å². The van der Waals surface area contributed by atoms with Gasteiger partial charge in [-0.05, 0) is 0 Å². The van der Waals surface area contributed by atoms with E-state index in [-0.39, 0.29) is 0 Å². The van der Waals surface area contributed by atoms with Gasteiger partial charge >= 0.3 is 132 Å². The number of hydrogen-bond acceptors (Lipinski definition) is 1. The van der Waals surface area contributed by atoms with Crippen molar-refractivity contribution in [1.82, 2.24) is 0 Å². The number of rotatable bonds is 13. The zero-order valence-corrected chi connectivity index (χ0v) is 17.6. The van der Waals surface area contributed by atoms with E-state index in [1.54, 1.807) is 13.3 Å². The van der Waals surface area contributed by atoms with Crippen LogP contribution in [-0.2, 0) is 4.74 Å². The number of allylic oxidation sites excluding steroid dienone is 1. The summed E-state index contributed by atoms with van der Waals surface area (Å²) >= 11 is -2.04. The molecule has 0 rings (SSSR count). The SMILES string of the molecule is CCC[CH2][Sn]([CH2]CCC)([CH2]CCC)[CH](C)C=COCC. The molecule has 0 heterocycles. The summed E-state index contributed by atoms with van der Waals surface area (Å²) in [5.41, 5.74) is 0. The Morgan fingerprint density at radius 1 is 0.850 bits per heavy atom. The molecule has 0 aromatic rings. The summed E-state index contributed by atoms with van der Waals surface area (Å²) in [6.07, 6.45) is 12.8. The topological polar surface area (TPSA) is 9.23 Å². The van der Waals surface area contributed by atoms with Crippen LogP contribution in [0.3, 0.4) is 0 Å². The summed E-state index contributed by atoms with van der Waals surface area (Å²) in [5.74, 6) is 0. The van der Waals surface area contributed by atoms with Gasteiger partial charge in [0.1, 0.15) is 0 Å². The van der Waals surface area contributed by atoms with Crippen molar-refractivity contribution in [3.05, 3.63) is 12.3 Å². The van der Waals surface area contributed by atoms with E-state index in [4.69, 9.17) is 4.74 Å². The van der Waals surface area contributed by atoms with Gasteiger partial charge in [0, 0.05) is 0 Å². The molecule has 0 saturated carbocycles. The number of ether oxygens (including phenoxy) is 1. The van der Waals surface area contributed by atoms with Gasteiger partial charge in [0.05, 0.1) is 0 Å². The Morgan fingerprint density at radius 3 is 1.65 bits per heavy atom. The summed E-state index contributed by atoms with van der Waals surface area (Å²) in [6.45, 7) is 12.4. The molecule has 20 heavy (non-hydrogen) atoms. The minimum atomic E-state index is -2.04. The van der Waals surface area contributed by atoms with Gasteiger partial charge in [-0.25, -0.2) is 0 Å². The van der Waals surface area contributed by atoms with Gasteiger partial charge in [-0.3, -0.25) is 0 Å². The summed E-state index contributed by atoms with van der Waals surface area (Å²) < 4.78 is 11.1. The van der Waals surface area contributed by atoms with E-state index >= 15 is 0 Å². The normalized spacial score (nSPS) is 13.8. The monoisotopic (exact) mass is 390 g/mol. The molecular weight excluding hydrogens is 351 g/mol. The number of unbranched alkanes of at least 4 members (excludes halogenated alkanes) is 3. The molecule has 2 heteroatoms. The Morgan fingerprint density at radius 2 is 1.30 bits per heavy atom. The quantitative estimate of drug-likeness (QED) is 0.249. The molecule has 0 spiro atoms. The summed E-state index contributed by atoms with van der Waals surface area (Å²) in [7, 11) is 0. The zero-order valence-electron chi connectivity index (χ0n) is 14.7. The first-order chi connectivity index (χ1) is 9.66. The van der Waals surface area contributed by atoms with E-state index in [2.05, 4.69) is 40.7 Å². The van der Waals surface area contributed by atoms with E-state index < -0.39 is 18.4 Å². The van der Waals surface area contributed by atoms with Crippen LogP contribution in [0.15, 0.2) is 12.3 Å². The Labute approximate surface area is 132 Å². The summed E-state index contributed by atoms with van der Waals surface area (Å²) in [6, 6.07) is 0. The van der Waals surface area contributed by atoms with E-state index in [1.165, 1.54) is 38.5 Å². The predicted octanol–water partition coefficient (Wildman–Crippen LogP) is 6.78. The second-order valence-corrected chi connectivity index (χ2v) is 20.9. The van der Waals surface area contributed by atoms with Crippen molar-refractivity contribution in [2.45, 2.75) is 90.4 Å². The molecule has 0 radical (unpaired) electrons. The third-order valence-electron chi connectivity index (χ3n) is 4.68. The van der Waals surface area contributed by atoms with Crippen LogP contribution in [0, 0.1) is 0 Å². The Balaban J connectivity index is 4.89. The Kier molecular flexibility index (Phi) is 13.3. The summed E-state index contributed by atoms with van der Waals surface area (Å²) in [4.78, 5) is 0. The Bertz CT molecular complexity index is 216. The van der Waals surface area contributed by atoms with Crippen LogP contribution in [0.5, 0.6) is 0 Å². The number of hydrogen-bond donors (Lipinski definition) is 0. The van der Waals surface area contributed by atoms with Gasteiger partial charge in [0.2, 0.25) is 0 Å². The van der Waals surface area contributed by atoms with E-state index in [9.17, 15) is 0 Å². The average molecular weight is 389 g/mol. The summed E-state index contributed by atoms with van der Waals surface area (Å²) in [5, 5.41) is 0. The molecule has 0 aromatic carbocycles.